The van der Waals surface area contributed by atoms with Crippen LogP contribution in [0, 0.1) is 5.92 Å². The number of carbonyl (C=O) groups excluding carboxylic acids is 1. The van der Waals surface area contributed by atoms with Crippen molar-refractivity contribution in [1.82, 2.24) is 0 Å². The molecule has 1 heterocycles. The van der Waals surface area contributed by atoms with Crippen LogP contribution in [0.25, 0.3) is 0 Å². The number of rotatable bonds is 2. The van der Waals surface area contributed by atoms with E-state index in [9.17, 15) is 4.79 Å². The number of carbonyl (C=O) groups is 1. The third kappa shape index (κ3) is 2.75. The number of hydrogen-bond acceptors (Lipinski definition) is 3. The number of allylic oxidation sites excluding steroid dienone is 1. The lowest BCUT2D eigenvalue weighted by molar-refractivity contribution is -0.130. The van der Waals surface area contributed by atoms with Gasteiger partial charge in [-0.2, -0.15) is 0 Å². The highest BCUT2D eigenvalue weighted by atomic mass is 16.6. The molecule has 1 aliphatic carbocycles. The van der Waals surface area contributed by atoms with Crippen molar-refractivity contribution in [3.05, 3.63) is 47.7 Å². The Bertz CT molecular complexity index is 525. The molecule has 1 aromatic carbocycles. The van der Waals surface area contributed by atoms with Crippen molar-refractivity contribution < 1.29 is 9.53 Å². The van der Waals surface area contributed by atoms with Crippen molar-refractivity contribution in [2.24, 2.45) is 10.9 Å². The van der Waals surface area contributed by atoms with Crippen LogP contribution in [-0.2, 0) is 9.53 Å². The summed E-state index contributed by atoms with van der Waals surface area (Å²) in [5.74, 6) is 0.590. The molecule has 0 unspecified atom stereocenters. The van der Waals surface area contributed by atoms with E-state index in [0.717, 1.165) is 18.4 Å². The van der Waals surface area contributed by atoms with Gasteiger partial charge in [-0.05, 0) is 37.0 Å². The van der Waals surface area contributed by atoms with Gasteiger partial charge >= 0.3 is 5.97 Å². The van der Waals surface area contributed by atoms with Gasteiger partial charge in [-0.25, -0.2) is 9.79 Å². The molecule has 3 nitrogen and oxygen atoms in total. The van der Waals surface area contributed by atoms with Crippen molar-refractivity contribution in [2.75, 3.05) is 0 Å². The van der Waals surface area contributed by atoms with E-state index < -0.39 is 0 Å². The van der Waals surface area contributed by atoms with E-state index in [1.165, 1.54) is 19.3 Å². The minimum Gasteiger partial charge on any atom is -0.402 e. The molecule has 1 aliphatic heterocycles. The molecule has 1 saturated carbocycles. The van der Waals surface area contributed by atoms with E-state index in [1.54, 1.807) is 0 Å². The van der Waals surface area contributed by atoms with Crippen LogP contribution in [0.2, 0.25) is 0 Å². The van der Waals surface area contributed by atoms with Gasteiger partial charge in [0.2, 0.25) is 5.90 Å². The summed E-state index contributed by atoms with van der Waals surface area (Å²) in [6.45, 7) is 0. The SMILES string of the molecule is O=C1OC(c2ccccc2)=N/C1=C/C1CCCCC1. The Hall–Kier alpha value is -1.90. The average Bonchev–Trinajstić information content (AvgIpc) is 2.82. The quantitative estimate of drug-likeness (QED) is 0.599. The molecule has 0 radical (unpaired) electrons. The van der Waals surface area contributed by atoms with Crippen LogP contribution in [0.15, 0.2) is 47.1 Å². The van der Waals surface area contributed by atoms with Gasteiger partial charge in [0.1, 0.15) is 5.70 Å². The average molecular weight is 255 g/mol. The fourth-order valence-corrected chi connectivity index (χ4v) is 2.65. The summed E-state index contributed by atoms with van der Waals surface area (Å²) in [7, 11) is 0. The Balaban J connectivity index is 1.81. The molecule has 3 heteroatoms. The van der Waals surface area contributed by atoms with Gasteiger partial charge < -0.3 is 4.74 Å². The Morgan fingerprint density at radius 3 is 2.58 bits per heavy atom. The van der Waals surface area contributed by atoms with Gasteiger partial charge in [0, 0.05) is 5.56 Å². The maximum absolute atomic E-state index is 11.8. The first-order valence-corrected chi connectivity index (χ1v) is 6.91. The van der Waals surface area contributed by atoms with Gasteiger partial charge in [-0.15, -0.1) is 0 Å². The first-order chi connectivity index (χ1) is 9.33. The van der Waals surface area contributed by atoms with Gasteiger partial charge in [-0.3, -0.25) is 0 Å². The Morgan fingerprint density at radius 1 is 1.11 bits per heavy atom. The van der Waals surface area contributed by atoms with Crippen LogP contribution < -0.4 is 0 Å². The number of hydrogen-bond donors (Lipinski definition) is 0. The predicted molar refractivity (Wildman–Crippen MR) is 73.7 cm³/mol. The molecule has 0 saturated heterocycles. The first kappa shape index (κ1) is 12.2. The number of esters is 1. The zero-order valence-electron chi connectivity index (χ0n) is 10.8. The van der Waals surface area contributed by atoms with E-state index in [0.29, 0.717) is 17.5 Å². The molecule has 1 aromatic rings. The lowest BCUT2D eigenvalue weighted by Gasteiger charge is -2.17. The summed E-state index contributed by atoms with van der Waals surface area (Å²) < 4.78 is 5.24. The summed E-state index contributed by atoms with van der Waals surface area (Å²) in [6, 6.07) is 9.55. The number of aliphatic imine (C=N–C) groups is 1. The maximum atomic E-state index is 11.8. The molecule has 0 spiro atoms. The fraction of sp³-hybridized carbons (Fsp3) is 0.375. The van der Waals surface area contributed by atoms with Crippen LogP contribution in [0.3, 0.4) is 0 Å². The van der Waals surface area contributed by atoms with E-state index >= 15 is 0 Å². The van der Waals surface area contributed by atoms with Crippen LogP contribution in [0.4, 0.5) is 0 Å². The maximum Gasteiger partial charge on any atom is 0.363 e. The standard InChI is InChI=1S/C16H17NO2/c18-16-14(11-12-7-3-1-4-8-12)17-15(19-16)13-9-5-2-6-10-13/h2,5-6,9-12H,1,3-4,7-8H2/b14-11+. The van der Waals surface area contributed by atoms with Gasteiger partial charge in [0.25, 0.3) is 0 Å². The monoisotopic (exact) mass is 255 g/mol. The van der Waals surface area contributed by atoms with Crippen molar-refractivity contribution in [3.8, 4) is 0 Å². The first-order valence-electron chi connectivity index (χ1n) is 6.91. The van der Waals surface area contributed by atoms with Gasteiger partial charge in [0.05, 0.1) is 0 Å². The highest BCUT2D eigenvalue weighted by Crippen LogP contribution is 2.27. The number of cyclic esters (lactones) is 1. The molecule has 0 amide bonds. The second-order valence-corrected chi connectivity index (χ2v) is 5.12. The lowest BCUT2D eigenvalue weighted by Crippen LogP contribution is -2.07. The van der Waals surface area contributed by atoms with Gasteiger partial charge in [0.15, 0.2) is 0 Å². The smallest absolute Gasteiger partial charge is 0.363 e. The lowest BCUT2D eigenvalue weighted by atomic mass is 9.89. The fourth-order valence-electron chi connectivity index (χ4n) is 2.65. The highest BCUT2D eigenvalue weighted by Gasteiger charge is 2.25. The van der Waals surface area contributed by atoms with E-state index in [2.05, 4.69) is 4.99 Å². The molecule has 2 aliphatic rings. The minimum absolute atomic E-state index is 0.315. The molecule has 1 fully saturated rings. The van der Waals surface area contributed by atoms with Crippen LogP contribution in [0.5, 0.6) is 0 Å². The van der Waals surface area contributed by atoms with E-state index in [-0.39, 0.29) is 5.97 Å². The van der Waals surface area contributed by atoms with Crippen molar-refractivity contribution in [1.29, 1.82) is 0 Å². The second-order valence-electron chi connectivity index (χ2n) is 5.12. The zero-order valence-corrected chi connectivity index (χ0v) is 10.8. The van der Waals surface area contributed by atoms with E-state index in [1.807, 2.05) is 36.4 Å². The van der Waals surface area contributed by atoms with Gasteiger partial charge in [-0.1, -0.05) is 37.5 Å². The molecular weight excluding hydrogens is 238 g/mol. The third-order valence-electron chi connectivity index (χ3n) is 3.68. The Morgan fingerprint density at radius 2 is 1.84 bits per heavy atom. The topological polar surface area (TPSA) is 38.7 Å². The molecule has 0 atom stereocenters. The molecule has 19 heavy (non-hydrogen) atoms. The van der Waals surface area contributed by atoms with Crippen LogP contribution >= 0.6 is 0 Å². The summed E-state index contributed by atoms with van der Waals surface area (Å²) in [6.07, 6.45) is 8.12. The summed E-state index contributed by atoms with van der Waals surface area (Å²) in [4.78, 5) is 16.2. The predicted octanol–water partition coefficient (Wildman–Crippen LogP) is 3.45. The second kappa shape index (κ2) is 5.39. The third-order valence-corrected chi connectivity index (χ3v) is 3.68. The molecular formula is C16H17NO2. The summed E-state index contributed by atoms with van der Waals surface area (Å²) >= 11 is 0. The number of ether oxygens (including phenoxy) is 1. The van der Waals surface area contributed by atoms with Crippen LogP contribution in [-0.4, -0.2) is 11.9 Å². The molecule has 3 rings (SSSR count). The number of nitrogens with zero attached hydrogens (tertiary/aromatic N) is 1. The van der Waals surface area contributed by atoms with Crippen LogP contribution in [0.1, 0.15) is 37.7 Å². The molecule has 0 N–H and O–H groups in total. The normalized spacial score (nSPS) is 22.4. The Labute approximate surface area is 113 Å². The highest BCUT2D eigenvalue weighted by molar-refractivity contribution is 6.11. The molecule has 0 aromatic heterocycles. The van der Waals surface area contributed by atoms with Crippen molar-refractivity contribution in [3.63, 3.8) is 0 Å². The largest absolute Gasteiger partial charge is 0.402 e. The number of benzene rings is 1. The summed E-state index contributed by atoms with van der Waals surface area (Å²) in [5.41, 5.74) is 1.33. The molecule has 0 bridgehead atoms. The van der Waals surface area contributed by atoms with Crippen molar-refractivity contribution in [2.45, 2.75) is 32.1 Å². The zero-order chi connectivity index (χ0) is 13.1. The Kier molecular flexibility index (Phi) is 3.45. The van der Waals surface area contributed by atoms with E-state index in [4.69, 9.17) is 4.74 Å². The summed E-state index contributed by atoms with van der Waals surface area (Å²) in [5, 5.41) is 0. The van der Waals surface area contributed by atoms with Crippen molar-refractivity contribution >= 4 is 11.9 Å². The minimum atomic E-state index is -0.315. The molecule has 98 valence electrons.